The van der Waals surface area contributed by atoms with Crippen molar-refractivity contribution in [3.8, 4) is 16.9 Å². The molecule has 31 heavy (non-hydrogen) atoms. The van der Waals surface area contributed by atoms with E-state index in [4.69, 9.17) is 4.74 Å². The number of likely N-dealkylation sites (tertiary alicyclic amines) is 1. The van der Waals surface area contributed by atoms with E-state index in [9.17, 15) is 4.79 Å². The third kappa shape index (κ3) is 4.04. The molecule has 3 atom stereocenters. The number of ether oxygens (including phenoxy) is 1. The first-order valence-electron chi connectivity index (χ1n) is 11.0. The Morgan fingerprint density at radius 3 is 2.52 bits per heavy atom. The monoisotopic (exact) mass is 433 g/mol. The van der Waals surface area contributed by atoms with Gasteiger partial charge >= 0.3 is 0 Å². The fraction of sp³-hybridized carbons (Fsp3) is 0.346. The number of pyridine rings is 1. The Morgan fingerprint density at radius 1 is 1.03 bits per heavy atom. The van der Waals surface area contributed by atoms with Crippen molar-refractivity contribution < 1.29 is 9.64 Å². The molecule has 0 amide bonds. The Balaban J connectivity index is 1.45. The van der Waals surface area contributed by atoms with Crippen molar-refractivity contribution in [3.05, 3.63) is 82.3 Å². The highest BCUT2D eigenvalue weighted by Crippen LogP contribution is 2.37. The van der Waals surface area contributed by atoms with E-state index in [-0.39, 0.29) is 5.56 Å². The van der Waals surface area contributed by atoms with Crippen molar-refractivity contribution in [1.82, 2.24) is 4.57 Å². The predicted molar refractivity (Wildman–Crippen MR) is 126 cm³/mol. The molecule has 160 valence electrons. The van der Waals surface area contributed by atoms with E-state index in [0.717, 1.165) is 31.9 Å². The van der Waals surface area contributed by atoms with E-state index in [1.54, 1.807) is 29.8 Å². The van der Waals surface area contributed by atoms with E-state index in [1.807, 2.05) is 18.2 Å². The van der Waals surface area contributed by atoms with Gasteiger partial charge in [-0.3, -0.25) is 4.79 Å². The Hall–Kier alpha value is -2.50. The van der Waals surface area contributed by atoms with Crippen molar-refractivity contribution in [1.29, 1.82) is 0 Å². The van der Waals surface area contributed by atoms with Crippen LogP contribution in [0.1, 0.15) is 23.6 Å². The molecular formula is C26H29N2O2S+. The molecule has 4 nitrogen and oxygen atoms in total. The summed E-state index contributed by atoms with van der Waals surface area (Å²) >= 11 is 1.76. The van der Waals surface area contributed by atoms with Gasteiger partial charge in [-0.2, -0.15) is 0 Å². The molecule has 2 aliphatic rings. The quantitative estimate of drug-likeness (QED) is 0.626. The number of piperidine rings is 1. The van der Waals surface area contributed by atoms with Gasteiger partial charge in [0, 0.05) is 46.2 Å². The molecule has 1 aromatic heterocycles. The average Bonchev–Trinajstić information content (AvgIpc) is 2.80. The van der Waals surface area contributed by atoms with Crippen molar-refractivity contribution in [2.75, 3.05) is 26.5 Å². The number of aromatic nitrogens is 1. The Bertz CT molecular complexity index is 1120. The van der Waals surface area contributed by atoms with Crippen LogP contribution in [0.15, 0.2) is 70.4 Å². The number of quaternary nitrogens is 1. The average molecular weight is 434 g/mol. The molecule has 2 aliphatic heterocycles. The lowest BCUT2D eigenvalue weighted by molar-refractivity contribution is -0.924. The van der Waals surface area contributed by atoms with Crippen LogP contribution in [0.3, 0.4) is 0 Å². The molecule has 0 radical (unpaired) electrons. The van der Waals surface area contributed by atoms with Gasteiger partial charge in [0.25, 0.3) is 5.56 Å². The van der Waals surface area contributed by atoms with E-state index in [2.05, 4.69) is 47.2 Å². The standard InChI is InChI=1S/C26H28N2O2S/c1-30-22-7-3-18(4-8-22)14-27-15-19-13-21(17-27)26-24(11-12-25(29)28(26)16-19)20-5-9-23(31-2)10-6-20/h3-12,19,21H,13-17H2,1-2H3/p+1/t19-,21+/m0/s1. The zero-order valence-corrected chi connectivity index (χ0v) is 19.0. The van der Waals surface area contributed by atoms with Crippen LogP contribution in [0.5, 0.6) is 5.75 Å². The molecule has 5 heteroatoms. The van der Waals surface area contributed by atoms with Crippen LogP contribution in [0, 0.1) is 5.92 Å². The number of nitrogens with zero attached hydrogens (tertiary/aromatic N) is 1. The van der Waals surface area contributed by atoms with Crippen LogP contribution in [0.25, 0.3) is 11.1 Å². The summed E-state index contributed by atoms with van der Waals surface area (Å²) in [5.74, 6) is 1.89. The second kappa shape index (κ2) is 8.56. The summed E-state index contributed by atoms with van der Waals surface area (Å²) in [6, 6.07) is 21.0. The molecule has 2 aromatic carbocycles. The first-order valence-corrected chi connectivity index (χ1v) is 12.2. The van der Waals surface area contributed by atoms with Crippen LogP contribution in [0.4, 0.5) is 0 Å². The number of hydrogen-bond acceptors (Lipinski definition) is 3. The van der Waals surface area contributed by atoms with E-state index >= 15 is 0 Å². The zero-order chi connectivity index (χ0) is 21.4. The second-order valence-corrected chi connectivity index (χ2v) is 9.67. The van der Waals surface area contributed by atoms with Gasteiger partial charge in [-0.15, -0.1) is 11.8 Å². The topological polar surface area (TPSA) is 35.7 Å². The summed E-state index contributed by atoms with van der Waals surface area (Å²) in [6.45, 7) is 4.06. The van der Waals surface area contributed by atoms with Gasteiger partial charge in [0.15, 0.2) is 0 Å². The highest BCUT2D eigenvalue weighted by Gasteiger charge is 2.38. The van der Waals surface area contributed by atoms with E-state index in [0.29, 0.717) is 11.8 Å². The Morgan fingerprint density at radius 2 is 1.81 bits per heavy atom. The minimum Gasteiger partial charge on any atom is -0.497 e. The van der Waals surface area contributed by atoms with Crippen molar-refractivity contribution in [2.24, 2.45) is 5.92 Å². The number of thioether (sulfide) groups is 1. The maximum Gasteiger partial charge on any atom is 0.250 e. The molecular weight excluding hydrogens is 404 g/mol. The summed E-state index contributed by atoms with van der Waals surface area (Å²) in [6.07, 6.45) is 3.28. The molecule has 1 saturated heterocycles. The van der Waals surface area contributed by atoms with Crippen LogP contribution >= 0.6 is 11.8 Å². The molecule has 2 bridgehead atoms. The summed E-state index contributed by atoms with van der Waals surface area (Å²) in [7, 11) is 1.71. The highest BCUT2D eigenvalue weighted by molar-refractivity contribution is 7.98. The number of benzene rings is 2. The third-order valence-corrected chi connectivity index (χ3v) is 7.54. The molecule has 0 saturated carbocycles. The summed E-state index contributed by atoms with van der Waals surface area (Å²) in [5, 5.41) is 0. The van der Waals surface area contributed by atoms with Crippen LogP contribution in [-0.2, 0) is 13.1 Å². The summed E-state index contributed by atoms with van der Waals surface area (Å²) in [5.41, 5.74) is 5.16. The van der Waals surface area contributed by atoms with Gasteiger partial charge in [0.1, 0.15) is 12.3 Å². The van der Waals surface area contributed by atoms with Gasteiger partial charge in [0.05, 0.1) is 20.2 Å². The fourth-order valence-electron chi connectivity index (χ4n) is 5.43. The van der Waals surface area contributed by atoms with Crippen LogP contribution < -0.4 is 15.2 Å². The molecule has 1 unspecified atom stereocenters. The molecule has 1 fully saturated rings. The minimum atomic E-state index is 0.146. The van der Waals surface area contributed by atoms with Gasteiger partial charge in [-0.05, 0) is 60.7 Å². The van der Waals surface area contributed by atoms with Gasteiger partial charge in [0.2, 0.25) is 0 Å². The van der Waals surface area contributed by atoms with Crippen molar-refractivity contribution in [3.63, 3.8) is 0 Å². The molecule has 3 aromatic rings. The summed E-state index contributed by atoms with van der Waals surface area (Å²) < 4.78 is 7.37. The number of methoxy groups -OCH3 is 1. The lowest BCUT2D eigenvalue weighted by Crippen LogP contribution is -3.13. The van der Waals surface area contributed by atoms with E-state index < -0.39 is 0 Å². The number of nitrogens with one attached hydrogen (secondary N) is 1. The number of hydrogen-bond donors (Lipinski definition) is 1. The van der Waals surface area contributed by atoms with Crippen molar-refractivity contribution in [2.45, 2.75) is 30.3 Å². The minimum absolute atomic E-state index is 0.146. The maximum absolute atomic E-state index is 12.8. The lowest BCUT2D eigenvalue weighted by atomic mass is 9.80. The fourth-order valence-corrected chi connectivity index (χ4v) is 5.84. The normalized spacial score (nSPS) is 22.1. The highest BCUT2D eigenvalue weighted by atomic mass is 32.2. The SMILES string of the molecule is COc1ccc(C[NH+]2C[C@@H]3C[C@H](C2)c2c(-c4ccc(SC)cc4)ccc(=O)n2C3)cc1. The van der Waals surface area contributed by atoms with Gasteiger partial charge in [-0.1, -0.05) is 12.1 Å². The largest absolute Gasteiger partial charge is 0.497 e. The van der Waals surface area contributed by atoms with Gasteiger partial charge < -0.3 is 14.2 Å². The smallest absolute Gasteiger partial charge is 0.250 e. The molecule has 1 N–H and O–H groups in total. The number of fused-ring (bicyclic) bond motifs is 4. The maximum atomic E-state index is 12.8. The van der Waals surface area contributed by atoms with Crippen LogP contribution in [-0.4, -0.2) is 31.0 Å². The summed E-state index contributed by atoms with van der Waals surface area (Å²) in [4.78, 5) is 15.6. The molecule has 0 spiro atoms. The zero-order valence-electron chi connectivity index (χ0n) is 18.1. The predicted octanol–water partition coefficient (Wildman–Crippen LogP) is 3.45. The number of rotatable bonds is 5. The molecule has 5 rings (SSSR count). The first kappa shape index (κ1) is 20.4. The Labute approximate surface area is 187 Å². The van der Waals surface area contributed by atoms with E-state index in [1.165, 1.54) is 33.7 Å². The lowest BCUT2D eigenvalue weighted by Gasteiger charge is -2.41. The first-order chi connectivity index (χ1) is 15.1. The molecule has 3 heterocycles. The van der Waals surface area contributed by atoms with Gasteiger partial charge in [-0.25, -0.2) is 0 Å². The second-order valence-electron chi connectivity index (χ2n) is 8.79. The Kier molecular flexibility index (Phi) is 5.63. The third-order valence-electron chi connectivity index (χ3n) is 6.80. The van der Waals surface area contributed by atoms with Crippen LogP contribution in [0.2, 0.25) is 0 Å². The van der Waals surface area contributed by atoms with Crippen molar-refractivity contribution >= 4 is 11.8 Å². The molecule has 0 aliphatic carbocycles.